The topological polar surface area (TPSA) is 73.6 Å². The lowest BCUT2D eigenvalue weighted by Crippen LogP contribution is -2.25. The van der Waals surface area contributed by atoms with Gasteiger partial charge in [-0.15, -0.1) is 0 Å². The predicted molar refractivity (Wildman–Crippen MR) is 84.7 cm³/mol. The molecule has 1 rings (SSSR count). The standard InChI is InChI=1S/C16H26N2O3/c1-4-9-21-15-11-13(6-7-14(15)17)16(19)18-8-5-10-20-12(2)3/h6-7,11-12H,4-5,8-10,17H2,1-3H3,(H,18,19). The van der Waals surface area contributed by atoms with E-state index in [2.05, 4.69) is 5.32 Å². The number of ether oxygens (including phenoxy) is 2. The van der Waals surface area contributed by atoms with Gasteiger partial charge < -0.3 is 20.5 Å². The third-order valence-electron chi connectivity index (χ3n) is 2.80. The van der Waals surface area contributed by atoms with Crippen LogP contribution in [0.5, 0.6) is 5.75 Å². The second kappa shape index (κ2) is 9.23. The number of nitrogens with two attached hydrogens (primary N) is 1. The fourth-order valence-electron chi connectivity index (χ4n) is 1.71. The summed E-state index contributed by atoms with van der Waals surface area (Å²) in [6.07, 6.45) is 1.90. The molecular weight excluding hydrogens is 268 g/mol. The molecular formula is C16H26N2O3. The highest BCUT2D eigenvalue weighted by molar-refractivity contribution is 5.95. The minimum Gasteiger partial charge on any atom is -0.491 e. The Morgan fingerprint density at radius 3 is 2.76 bits per heavy atom. The van der Waals surface area contributed by atoms with Crippen LogP contribution in [-0.2, 0) is 4.74 Å². The van der Waals surface area contributed by atoms with Crippen LogP contribution in [0.15, 0.2) is 18.2 Å². The van der Waals surface area contributed by atoms with E-state index in [9.17, 15) is 4.79 Å². The number of nitrogens with one attached hydrogen (secondary N) is 1. The zero-order valence-electron chi connectivity index (χ0n) is 13.1. The summed E-state index contributed by atoms with van der Waals surface area (Å²) in [7, 11) is 0. The van der Waals surface area contributed by atoms with Crippen LogP contribution < -0.4 is 15.8 Å². The maximum absolute atomic E-state index is 12.0. The second-order valence-corrected chi connectivity index (χ2v) is 5.13. The molecule has 5 nitrogen and oxygen atoms in total. The highest BCUT2D eigenvalue weighted by atomic mass is 16.5. The van der Waals surface area contributed by atoms with Gasteiger partial charge in [-0.1, -0.05) is 6.92 Å². The van der Waals surface area contributed by atoms with Crippen molar-refractivity contribution in [3.05, 3.63) is 23.8 Å². The molecule has 0 saturated heterocycles. The number of benzene rings is 1. The summed E-state index contributed by atoms with van der Waals surface area (Å²) in [4.78, 5) is 12.0. The van der Waals surface area contributed by atoms with E-state index < -0.39 is 0 Å². The van der Waals surface area contributed by atoms with E-state index in [1.165, 1.54) is 0 Å². The molecule has 0 aromatic heterocycles. The average Bonchev–Trinajstić information content (AvgIpc) is 2.45. The Bertz CT molecular complexity index is 447. The molecule has 1 amide bonds. The smallest absolute Gasteiger partial charge is 0.251 e. The molecule has 0 radical (unpaired) electrons. The summed E-state index contributed by atoms with van der Waals surface area (Å²) < 4.78 is 10.9. The first kappa shape index (κ1) is 17.3. The van der Waals surface area contributed by atoms with Crippen LogP contribution in [0.1, 0.15) is 44.0 Å². The molecule has 0 aliphatic rings. The lowest BCUT2D eigenvalue weighted by molar-refractivity contribution is 0.0757. The van der Waals surface area contributed by atoms with Gasteiger partial charge in [-0.05, 0) is 44.9 Å². The fourth-order valence-corrected chi connectivity index (χ4v) is 1.71. The van der Waals surface area contributed by atoms with Gasteiger partial charge in [0, 0.05) is 18.7 Å². The highest BCUT2D eigenvalue weighted by Crippen LogP contribution is 2.22. The Balaban J connectivity index is 2.46. The largest absolute Gasteiger partial charge is 0.491 e. The first-order valence-electron chi connectivity index (χ1n) is 7.46. The highest BCUT2D eigenvalue weighted by Gasteiger charge is 2.09. The molecule has 0 spiro atoms. The van der Waals surface area contributed by atoms with E-state index in [0.29, 0.717) is 36.8 Å². The van der Waals surface area contributed by atoms with E-state index in [-0.39, 0.29) is 12.0 Å². The Morgan fingerprint density at radius 1 is 1.33 bits per heavy atom. The molecule has 1 aromatic carbocycles. The van der Waals surface area contributed by atoms with E-state index in [4.69, 9.17) is 15.2 Å². The van der Waals surface area contributed by atoms with E-state index in [0.717, 1.165) is 12.8 Å². The van der Waals surface area contributed by atoms with Gasteiger partial charge in [0.05, 0.1) is 18.4 Å². The molecule has 0 unspecified atom stereocenters. The van der Waals surface area contributed by atoms with Gasteiger partial charge in [-0.25, -0.2) is 0 Å². The van der Waals surface area contributed by atoms with Crippen molar-refractivity contribution in [2.24, 2.45) is 0 Å². The normalized spacial score (nSPS) is 10.7. The van der Waals surface area contributed by atoms with E-state index >= 15 is 0 Å². The predicted octanol–water partition coefficient (Wildman–Crippen LogP) is 2.60. The lowest BCUT2D eigenvalue weighted by Gasteiger charge is -2.11. The molecule has 0 fully saturated rings. The molecule has 118 valence electrons. The lowest BCUT2D eigenvalue weighted by atomic mass is 10.1. The number of hydrogen-bond acceptors (Lipinski definition) is 4. The molecule has 0 bridgehead atoms. The monoisotopic (exact) mass is 294 g/mol. The van der Waals surface area contributed by atoms with Crippen molar-refractivity contribution in [1.82, 2.24) is 5.32 Å². The van der Waals surface area contributed by atoms with Gasteiger partial charge in [0.2, 0.25) is 0 Å². The van der Waals surface area contributed by atoms with Gasteiger partial charge in [-0.3, -0.25) is 4.79 Å². The molecule has 3 N–H and O–H groups in total. The van der Waals surface area contributed by atoms with Gasteiger partial charge in [0.1, 0.15) is 5.75 Å². The van der Waals surface area contributed by atoms with Crippen molar-refractivity contribution < 1.29 is 14.3 Å². The molecule has 1 aromatic rings. The third kappa shape index (κ3) is 6.49. The van der Waals surface area contributed by atoms with Crippen molar-refractivity contribution in [3.63, 3.8) is 0 Å². The number of anilines is 1. The van der Waals surface area contributed by atoms with Crippen LogP contribution in [0.4, 0.5) is 5.69 Å². The van der Waals surface area contributed by atoms with Gasteiger partial charge >= 0.3 is 0 Å². The molecule has 0 heterocycles. The Morgan fingerprint density at radius 2 is 2.10 bits per heavy atom. The SMILES string of the molecule is CCCOc1cc(C(=O)NCCCOC(C)C)ccc1N. The molecule has 21 heavy (non-hydrogen) atoms. The maximum Gasteiger partial charge on any atom is 0.251 e. The average molecular weight is 294 g/mol. The van der Waals surface area contributed by atoms with Crippen LogP contribution >= 0.6 is 0 Å². The van der Waals surface area contributed by atoms with Gasteiger partial charge in [0.15, 0.2) is 0 Å². The van der Waals surface area contributed by atoms with Crippen molar-refractivity contribution in [2.45, 2.75) is 39.7 Å². The van der Waals surface area contributed by atoms with Crippen molar-refractivity contribution in [1.29, 1.82) is 0 Å². The third-order valence-corrected chi connectivity index (χ3v) is 2.80. The first-order valence-corrected chi connectivity index (χ1v) is 7.46. The van der Waals surface area contributed by atoms with E-state index in [1.54, 1.807) is 18.2 Å². The van der Waals surface area contributed by atoms with Crippen LogP contribution in [0.2, 0.25) is 0 Å². The zero-order chi connectivity index (χ0) is 15.7. The number of amides is 1. The molecule has 0 aliphatic carbocycles. The van der Waals surface area contributed by atoms with Crippen LogP contribution in [0, 0.1) is 0 Å². The number of carbonyl (C=O) groups excluding carboxylic acids is 1. The summed E-state index contributed by atoms with van der Waals surface area (Å²) >= 11 is 0. The van der Waals surface area contributed by atoms with E-state index in [1.807, 2.05) is 20.8 Å². The number of carbonyl (C=O) groups is 1. The Kier molecular flexibility index (Phi) is 7.61. The Hall–Kier alpha value is -1.75. The van der Waals surface area contributed by atoms with Crippen molar-refractivity contribution in [3.8, 4) is 5.75 Å². The zero-order valence-corrected chi connectivity index (χ0v) is 13.1. The molecule has 5 heteroatoms. The van der Waals surface area contributed by atoms with Gasteiger partial charge in [-0.2, -0.15) is 0 Å². The molecule has 0 aliphatic heterocycles. The quantitative estimate of drug-likeness (QED) is 0.542. The molecule has 0 atom stereocenters. The van der Waals surface area contributed by atoms with Crippen molar-refractivity contribution in [2.75, 3.05) is 25.5 Å². The first-order chi connectivity index (χ1) is 10.0. The minimum atomic E-state index is -0.124. The fraction of sp³-hybridized carbons (Fsp3) is 0.562. The number of hydrogen-bond donors (Lipinski definition) is 2. The van der Waals surface area contributed by atoms with Crippen molar-refractivity contribution >= 4 is 11.6 Å². The summed E-state index contributed by atoms with van der Waals surface area (Å²) in [6.45, 7) is 7.81. The minimum absolute atomic E-state index is 0.124. The Labute approximate surface area is 126 Å². The summed E-state index contributed by atoms with van der Waals surface area (Å²) in [5, 5.41) is 2.86. The van der Waals surface area contributed by atoms with Crippen LogP contribution in [0.25, 0.3) is 0 Å². The maximum atomic E-state index is 12.0. The van der Waals surface area contributed by atoms with Gasteiger partial charge in [0.25, 0.3) is 5.91 Å². The number of nitrogen functional groups attached to an aromatic ring is 1. The van der Waals surface area contributed by atoms with Crippen LogP contribution in [0.3, 0.4) is 0 Å². The molecule has 0 saturated carbocycles. The summed E-state index contributed by atoms with van der Waals surface area (Å²) in [6, 6.07) is 5.08. The summed E-state index contributed by atoms with van der Waals surface area (Å²) in [5.41, 5.74) is 6.93. The van der Waals surface area contributed by atoms with Crippen LogP contribution in [-0.4, -0.2) is 31.8 Å². The number of rotatable bonds is 9. The second-order valence-electron chi connectivity index (χ2n) is 5.13. The summed E-state index contributed by atoms with van der Waals surface area (Å²) in [5.74, 6) is 0.438.